The van der Waals surface area contributed by atoms with Gasteiger partial charge in [-0.05, 0) is 61.4 Å². The summed E-state index contributed by atoms with van der Waals surface area (Å²) in [5.74, 6) is 0.00586. The van der Waals surface area contributed by atoms with Crippen molar-refractivity contribution < 1.29 is 4.79 Å². The summed E-state index contributed by atoms with van der Waals surface area (Å²) in [5, 5.41) is 5.30. The Balaban J connectivity index is 1.65. The number of rotatable bonds is 6. The summed E-state index contributed by atoms with van der Waals surface area (Å²) in [6.07, 6.45) is 2.00. The predicted molar refractivity (Wildman–Crippen MR) is 132 cm³/mol. The molecule has 4 aromatic rings. The number of hydrogen-bond donors (Lipinski definition) is 1. The Kier molecular flexibility index (Phi) is 6.50. The Hall–Kier alpha value is -2.55. The maximum Gasteiger partial charge on any atom is 0.276 e. The Bertz CT molecular complexity index is 1330. The molecule has 2 aromatic carbocycles. The fourth-order valence-corrected chi connectivity index (χ4v) is 5.31. The number of aryl methyl sites for hydroxylation is 2. The number of nitrogens with zero attached hydrogens (tertiary/aromatic N) is 2. The maximum atomic E-state index is 13.3. The highest BCUT2D eigenvalue weighted by molar-refractivity contribution is 7.99. The summed E-state index contributed by atoms with van der Waals surface area (Å²) in [7, 11) is 0. The molecule has 4 rings (SSSR count). The van der Waals surface area contributed by atoms with Gasteiger partial charge in [0.05, 0.1) is 17.0 Å². The van der Waals surface area contributed by atoms with Crippen LogP contribution in [0.4, 0.5) is 5.69 Å². The Morgan fingerprint density at radius 2 is 2.00 bits per heavy atom. The van der Waals surface area contributed by atoms with Crippen molar-refractivity contribution in [1.29, 1.82) is 0 Å². The zero-order valence-corrected chi connectivity index (χ0v) is 19.8. The molecule has 5 nitrogen and oxygen atoms in total. The average molecular weight is 468 g/mol. The van der Waals surface area contributed by atoms with Crippen LogP contribution in [0.3, 0.4) is 0 Å². The molecule has 1 N–H and O–H groups in total. The SMILES string of the molecule is CSc1cccc(NC(=O)CSc2nc3ccsc3c(=O)n2-c2ccc(C)cc2C)c1. The van der Waals surface area contributed by atoms with Gasteiger partial charge in [0, 0.05) is 10.6 Å². The number of fused-ring (bicyclic) bond motifs is 1. The molecule has 0 fully saturated rings. The second-order valence-corrected chi connectivity index (χ2v) is 9.77. The molecule has 0 atom stereocenters. The molecule has 2 heterocycles. The minimum atomic E-state index is -0.143. The van der Waals surface area contributed by atoms with E-state index in [1.807, 2.05) is 74.0 Å². The van der Waals surface area contributed by atoms with Crippen LogP contribution in [-0.2, 0) is 4.79 Å². The van der Waals surface area contributed by atoms with Crippen LogP contribution in [-0.4, -0.2) is 27.5 Å². The lowest BCUT2D eigenvalue weighted by molar-refractivity contribution is -0.113. The number of hydrogen-bond acceptors (Lipinski definition) is 6. The standard InChI is InChI=1S/C23H21N3O2S3/c1-14-7-8-19(15(2)11-14)26-22(28)21-18(9-10-30-21)25-23(26)31-13-20(27)24-16-5-4-6-17(12-16)29-3/h4-12H,13H2,1-3H3,(H,24,27). The first-order chi connectivity index (χ1) is 15.0. The van der Waals surface area contributed by atoms with E-state index in [1.54, 1.807) is 16.3 Å². The van der Waals surface area contributed by atoms with Gasteiger partial charge in [0.2, 0.25) is 5.91 Å². The van der Waals surface area contributed by atoms with Gasteiger partial charge in [-0.15, -0.1) is 23.1 Å². The van der Waals surface area contributed by atoms with Crippen molar-refractivity contribution >= 4 is 56.7 Å². The molecule has 0 unspecified atom stereocenters. The first-order valence-electron chi connectivity index (χ1n) is 9.61. The Labute approximate surface area is 192 Å². The molecule has 0 spiro atoms. The lowest BCUT2D eigenvalue weighted by atomic mass is 10.1. The molecular formula is C23H21N3O2S3. The first-order valence-corrected chi connectivity index (χ1v) is 12.7. The van der Waals surface area contributed by atoms with Crippen LogP contribution in [0.25, 0.3) is 15.9 Å². The van der Waals surface area contributed by atoms with Crippen molar-refractivity contribution in [3.8, 4) is 5.69 Å². The van der Waals surface area contributed by atoms with Gasteiger partial charge in [-0.25, -0.2) is 4.98 Å². The van der Waals surface area contributed by atoms with Crippen LogP contribution in [0.1, 0.15) is 11.1 Å². The van der Waals surface area contributed by atoms with E-state index in [0.29, 0.717) is 15.4 Å². The van der Waals surface area contributed by atoms with Gasteiger partial charge in [-0.3, -0.25) is 14.2 Å². The molecule has 0 saturated heterocycles. The van der Waals surface area contributed by atoms with Gasteiger partial charge in [-0.2, -0.15) is 0 Å². The highest BCUT2D eigenvalue weighted by Gasteiger charge is 2.17. The summed E-state index contributed by atoms with van der Waals surface area (Å²) in [5.41, 5.74) is 4.20. The third-order valence-corrected chi connectivity index (χ3v) is 7.28. The second kappa shape index (κ2) is 9.30. The number of thioether (sulfide) groups is 2. The molecule has 31 heavy (non-hydrogen) atoms. The molecule has 0 aliphatic carbocycles. The van der Waals surface area contributed by atoms with E-state index in [4.69, 9.17) is 4.98 Å². The minimum absolute atomic E-state index is 0.109. The molecule has 158 valence electrons. The van der Waals surface area contributed by atoms with E-state index in [-0.39, 0.29) is 17.2 Å². The summed E-state index contributed by atoms with van der Waals surface area (Å²) >= 11 is 4.27. The molecule has 2 aromatic heterocycles. The number of benzene rings is 2. The van der Waals surface area contributed by atoms with E-state index in [9.17, 15) is 9.59 Å². The van der Waals surface area contributed by atoms with E-state index in [1.165, 1.54) is 23.1 Å². The number of anilines is 1. The van der Waals surface area contributed by atoms with E-state index in [2.05, 4.69) is 5.32 Å². The van der Waals surface area contributed by atoms with Gasteiger partial charge < -0.3 is 5.32 Å². The lowest BCUT2D eigenvalue weighted by Gasteiger charge is -2.14. The van der Waals surface area contributed by atoms with Gasteiger partial charge in [0.1, 0.15) is 4.70 Å². The van der Waals surface area contributed by atoms with E-state index >= 15 is 0 Å². The van der Waals surface area contributed by atoms with Crippen LogP contribution < -0.4 is 10.9 Å². The third-order valence-electron chi connectivity index (χ3n) is 4.73. The van der Waals surface area contributed by atoms with Gasteiger partial charge >= 0.3 is 0 Å². The largest absolute Gasteiger partial charge is 0.325 e. The minimum Gasteiger partial charge on any atom is -0.325 e. The number of nitrogens with one attached hydrogen (secondary N) is 1. The highest BCUT2D eigenvalue weighted by atomic mass is 32.2. The smallest absolute Gasteiger partial charge is 0.276 e. The quantitative estimate of drug-likeness (QED) is 0.299. The van der Waals surface area contributed by atoms with Crippen LogP contribution in [0, 0.1) is 13.8 Å². The van der Waals surface area contributed by atoms with Gasteiger partial charge in [0.25, 0.3) is 5.56 Å². The van der Waals surface area contributed by atoms with Crippen LogP contribution in [0.5, 0.6) is 0 Å². The number of amides is 1. The van der Waals surface area contributed by atoms with Gasteiger partial charge in [-0.1, -0.05) is 35.5 Å². The number of carbonyl (C=O) groups excluding carboxylic acids is 1. The molecule has 0 bridgehead atoms. The summed E-state index contributed by atoms with van der Waals surface area (Å²) in [6.45, 7) is 4.00. The molecule has 0 aliphatic heterocycles. The van der Waals surface area contributed by atoms with Crippen molar-refractivity contribution in [1.82, 2.24) is 9.55 Å². The number of aromatic nitrogens is 2. The maximum absolute atomic E-state index is 13.3. The van der Waals surface area contributed by atoms with Crippen molar-refractivity contribution in [3.05, 3.63) is 75.4 Å². The molecule has 0 radical (unpaired) electrons. The fraction of sp³-hybridized carbons (Fsp3) is 0.174. The average Bonchev–Trinajstić information content (AvgIpc) is 3.22. The van der Waals surface area contributed by atoms with E-state index < -0.39 is 0 Å². The lowest BCUT2D eigenvalue weighted by Crippen LogP contribution is -2.23. The van der Waals surface area contributed by atoms with Crippen LogP contribution >= 0.6 is 34.9 Å². The third kappa shape index (κ3) is 4.71. The predicted octanol–water partition coefficient (Wildman–Crippen LogP) is 5.52. The summed E-state index contributed by atoms with van der Waals surface area (Å²) < 4.78 is 2.24. The van der Waals surface area contributed by atoms with Crippen LogP contribution in [0.15, 0.2) is 68.8 Å². The fourth-order valence-electron chi connectivity index (χ4n) is 3.29. The number of thiophene rings is 1. The summed E-state index contributed by atoms with van der Waals surface area (Å²) in [4.78, 5) is 31.6. The molecule has 1 amide bonds. The topological polar surface area (TPSA) is 64.0 Å². The van der Waals surface area contributed by atoms with Crippen molar-refractivity contribution in [2.45, 2.75) is 23.9 Å². The van der Waals surface area contributed by atoms with Crippen molar-refractivity contribution in [3.63, 3.8) is 0 Å². The van der Waals surface area contributed by atoms with Gasteiger partial charge in [0.15, 0.2) is 5.16 Å². The monoisotopic (exact) mass is 467 g/mol. The number of carbonyl (C=O) groups is 1. The second-order valence-electron chi connectivity index (χ2n) is 7.03. The Morgan fingerprint density at radius 1 is 1.16 bits per heavy atom. The zero-order valence-electron chi connectivity index (χ0n) is 17.3. The van der Waals surface area contributed by atoms with Crippen molar-refractivity contribution in [2.75, 3.05) is 17.3 Å². The zero-order chi connectivity index (χ0) is 22.0. The molecule has 0 aliphatic rings. The molecule has 0 saturated carbocycles. The first kappa shape index (κ1) is 21.7. The summed E-state index contributed by atoms with van der Waals surface area (Å²) in [6, 6.07) is 15.5. The Morgan fingerprint density at radius 3 is 2.77 bits per heavy atom. The van der Waals surface area contributed by atoms with Crippen LogP contribution in [0.2, 0.25) is 0 Å². The normalized spacial score (nSPS) is 11.1. The molecule has 8 heteroatoms. The van der Waals surface area contributed by atoms with E-state index in [0.717, 1.165) is 27.4 Å². The highest BCUT2D eigenvalue weighted by Crippen LogP contribution is 2.26. The molecular weight excluding hydrogens is 446 g/mol. The van der Waals surface area contributed by atoms with Crippen molar-refractivity contribution in [2.24, 2.45) is 0 Å².